The number of benzene rings is 1. The van der Waals surface area contributed by atoms with Crippen molar-refractivity contribution >= 4 is 34.4 Å². The number of Topliss-reactive ketones (excluding diaryl/α,β-unsaturated/α-hetero) is 1. The highest BCUT2D eigenvalue weighted by Crippen LogP contribution is 2.37. The van der Waals surface area contributed by atoms with Crippen molar-refractivity contribution in [2.75, 3.05) is 41.3 Å². The van der Waals surface area contributed by atoms with Gasteiger partial charge in [-0.25, -0.2) is 4.98 Å². The van der Waals surface area contributed by atoms with E-state index in [9.17, 15) is 9.59 Å². The normalized spacial score (nSPS) is 16.3. The van der Waals surface area contributed by atoms with Crippen LogP contribution in [0.15, 0.2) is 79.1 Å². The van der Waals surface area contributed by atoms with E-state index < -0.39 is 11.7 Å². The maximum atomic E-state index is 13.4. The lowest BCUT2D eigenvalue weighted by Crippen LogP contribution is -2.46. The predicted octanol–water partition coefficient (Wildman–Crippen LogP) is 5.14. The van der Waals surface area contributed by atoms with Crippen LogP contribution in [0.1, 0.15) is 47.7 Å². The monoisotopic (exact) mass is 493 g/mol. The van der Waals surface area contributed by atoms with E-state index in [0.29, 0.717) is 17.3 Å². The molecule has 1 aliphatic carbocycles. The molecular formula is C30H31N5O2. The van der Waals surface area contributed by atoms with Gasteiger partial charge in [-0.3, -0.25) is 9.59 Å². The van der Waals surface area contributed by atoms with Crippen molar-refractivity contribution in [1.82, 2.24) is 9.38 Å². The molecule has 0 spiro atoms. The highest BCUT2D eigenvalue weighted by molar-refractivity contribution is 6.46. The number of carbonyl (C=O) groups is 2. The van der Waals surface area contributed by atoms with Crippen LogP contribution in [0, 0.1) is 0 Å². The van der Waals surface area contributed by atoms with E-state index >= 15 is 0 Å². The molecule has 1 amide bonds. The number of amides is 1. The Morgan fingerprint density at radius 1 is 0.838 bits per heavy atom. The number of fused-ring (bicyclic) bond motifs is 1. The van der Waals surface area contributed by atoms with Crippen LogP contribution in [0.2, 0.25) is 0 Å². The van der Waals surface area contributed by atoms with Gasteiger partial charge in [-0.05, 0) is 78.9 Å². The van der Waals surface area contributed by atoms with Crippen LogP contribution in [0.5, 0.6) is 0 Å². The summed E-state index contributed by atoms with van der Waals surface area (Å²) in [6, 6.07) is 21.7. The predicted molar refractivity (Wildman–Crippen MR) is 147 cm³/mol. The summed E-state index contributed by atoms with van der Waals surface area (Å²) in [7, 11) is 0. The first-order valence-corrected chi connectivity index (χ1v) is 13.1. The molecule has 4 heterocycles. The molecule has 6 rings (SSSR count). The number of piperazine rings is 1. The van der Waals surface area contributed by atoms with E-state index in [1.165, 1.54) is 12.8 Å². The SMILES string of the molecule is O=C(Nc1ccc(N2CCN(c3ccccn3)CC2)cc1)C(=O)c1c(C2CCCC2)cc2ccccn12. The van der Waals surface area contributed by atoms with Crippen molar-refractivity contribution in [3.63, 3.8) is 0 Å². The number of carbonyl (C=O) groups excluding carboxylic acids is 2. The van der Waals surface area contributed by atoms with E-state index in [-0.39, 0.29) is 0 Å². The van der Waals surface area contributed by atoms with Gasteiger partial charge in [-0.1, -0.05) is 25.0 Å². The molecule has 7 nitrogen and oxygen atoms in total. The first kappa shape index (κ1) is 23.3. The number of ketones is 1. The maximum absolute atomic E-state index is 13.4. The Balaban J connectivity index is 1.13. The van der Waals surface area contributed by atoms with Crippen LogP contribution in [-0.4, -0.2) is 47.3 Å². The largest absolute Gasteiger partial charge is 0.368 e. The minimum Gasteiger partial charge on any atom is -0.368 e. The molecule has 37 heavy (non-hydrogen) atoms. The molecule has 0 radical (unpaired) electrons. The van der Waals surface area contributed by atoms with Gasteiger partial charge < -0.3 is 19.5 Å². The molecule has 0 bridgehead atoms. The van der Waals surface area contributed by atoms with Crippen molar-refractivity contribution in [3.8, 4) is 0 Å². The average molecular weight is 494 g/mol. The third-order valence-electron chi connectivity index (χ3n) is 7.67. The van der Waals surface area contributed by atoms with Crippen LogP contribution >= 0.6 is 0 Å². The fraction of sp³-hybridized carbons (Fsp3) is 0.300. The number of nitrogens with one attached hydrogen (secondary N) is 1. The third-order valence-corrected chi connectivity index (χ3v) is 7.67. The maximum Gasteiger partial charge on any atom is 0.298 e. The summed E-state index contributed by atoms with van der Waals surface area (Å²) in [5.41, 5.74) is 4.18. The zero-order valence-electron chi connectivity index (χ0n) is 20.8. The second-order valence-electron chi connectivity index (χ2n) is 9.92. The van der Waals surface area contributed by atoms with Crippen LogP contribution in [-0.2, 0) is 4.79 Å². The third kappa shape index (κ3) is 4.69. The zero-order chi connectivity index (χ0) is 25.2. The van der Waals surface area contributed by atoms with E-state index in [1.807, 2.05) is 77.5 Å². The minimum atomic E-state index is -0.597. The number of nitrogens with zero attached hydrogens (tertiary/aromatic N) is 4. The van der Waals surface area contributed by atoms with Gasteiger partial charge in [0, 0.05) is 55.5 Å². The standard InChI is InChI=1S/C30H31N5O2/c36-29(28-26(22-7-1-2-8-22)21-25-9-4-6-16-35(25)28)30(37)32-23-11-13-24(14-12-23)33-17-19-34(20-18-33)27-10-3-5-15-31-27/h3-6,9-16,21-22H,1-2,7-8,17-20H2,(H,32,37). The molecule has 4 aromatic rings. The fourth-order valence-corrected chi connectivity index (χ4v) is 5.72. The second kappa shape index (κ2) is 10.1. The smallest absolute Gasteiger partial charge is 0.298 e. The minimum absolute atomic E-state index is 0.337. The van der Waals surface area contributed by atoms with Crippen molar-refractivity contribution in [2.45, 2.75) is 31.6 Å². The number of hydrogen-bond donors (Lipinski definition) is 1. The molecule has 0 atom stereocenters. The lowest BCUT2D eigenvalue weighted by Gasteiger charge is -2.36. The molecule has 0 unspecified atom stereocenters. The first-order chi connectivity index (χ1) is 18.2. The molecule has 7 heteroatoms. The molecule has 1 aromatic carbocycles. The summed E-state index contributed by atoms with van der Waals surface area (Å²) < 4.78 is 1.86. The average Bonchev–Trinajstić information content (AvgIpc) is 3.62. The highest BCUT2D eigenvalue weighted by atomic mass is 16.2. The molecule has 1 saturated carbocycles. The van der Waals surface area contributed by atoms with Crippen molar-refractivity contribution in [1.29, 1.82) is 0 Å². The number of hydrogen-bond acceptors (Lipinski definition) is 5. The topological polar surface area (TPSA) is 70.0 Å². The molecule has 2 aliphatic rings. The van der Waals surface area contributed by atoms with Crippen LogP contribution in [0.25, 0.3) is 5.52 Å². The quantitative estimate of drug-likeness (QED) is 0.298. The molecule has 2 fully saturated rings. The highest BCUT2D eigenvalue weighted by Gasteiger charge is 2.29. The van der Waals surface area contributed by atoms with Gasteiger partial charge in [0.25, 0.3) is 11.7 Å². The van der Waals surface area contributed by atoms with Gasteiger partial charge in [-0.2, -0.15) is 0 Å². The Morgan fingerprint density at radius 3 is 2.30 bits per heavy atom. The molecule has 188 valence electrons. The van der Waals surface area contributed by atoms with Crippen molar-refractivity contribution < 1.29 is 9.59 Å². The molecule has 1 N–H and O–H groups in total. The molecule has 1 aliphatic heterocycles. The van der Waals surface area contributed by atoms with E-state index in [2.05, 4.69) is 26.2 Å². The Kier molecular flexibility index (Phi) is 6.35. The summed E-state index contributed by atoms with van der Waals surface area (Å²) >= 11 is 0. The van der Waals surface area contributed by atoms with Crippen LogP contribution < -0.4 is 15.1 Å². The van der Waals surface area contributed by atoms with Gasteiger partial charge >= 0.3 is 0 Å². The lowest BCUT2D eigenvalue weighted by atomic mass is 9.96. The van der Waals surface area contributed by atoms with Crippen LogP contribution in [0.3, 0.4) is 0 Å². The van der Waals surface area contributed by atoms with Gasteiger partial charge in [-0.15, -0.1) is 0 Å². The van der Waals surface area contributed by atoms with E-state index in [1.54, 1.807) is 0 Å². The summed E-state index contributed by atoms with van der Waals surface area (Å²) in [6.45, 7) is 3.59. The van der Waals surface area contributed by atoms with E-state index in [0.717, 1.165) is 61.6 Å². The lowest BCUT2D eigenvalue weighted by molar-refractivity contribution is -0.112. The fourth-order valence-electron chi connectivity index (χ4n) is 5.72. The summed E-state index contributed by atoms with van der Waals surface area (Å²) in [5, 5.41) is 2.83. The Bertz CT molecular complexity index is 1400. The first-order valence-electron chi connectivity index (χ1n) is 13.1. The van der Waals surface area contributed by atoms with Gasteiger partial charge in [0.2, 0.25) is 0 Å². The summed E-state index contributed by atoms with van der Waals surface area (Å²) in [6.07, 6.45) is 8.17. The van der Waals surface area contributed by atoms with Gasteiger partial charge in [0.05, 0.1) is 0 Å². The molecule has 1 saturated heterocycles. The molecule has 3 aromatic heterocycles. The zero-order valence-corrected chi connectivity index (χ0v) is 20.8. The number of pyridine rings is 2. The number of anilines is 3. The van der Waals surface area contributed by atoms with Gasteiger partial charge in [0.15, 0.2) is 0 Å². The van der Waals surface area contributed by atoms with Crippen LogP contribution in [0.4, 0.5) is 17.2 Å². The van der Waals surface area contributed by atoms with Crippen molar-refractivity contribution in [2.24, 2.45) is 0 Å². The molecular weight excluding hydrogens is 462 g/mol. The summed E-state index contributed by atoms with van der Waals surface area (Å²) in [4.78, 5) is 35.6. The number of aromatic nitrogens is 2. The Morgan fingerprint density at radius 2 is 1.57 bits per heavy atom. The second-order valence-corrected chi connectivity index (χ2v) is 9.92. The van der Waals surface area contributed by atoms with Gasteiger partial charge in [0.1, 0.15) is 11.5 Å². The van der Waals surface area contributed by atoms with Crippen molar-refractivity contribution in [3.05, 3.63) is 90.4 Å². The summed E-state index contributed by atoms with van der Waals surface area (Å²) in [5.74, 6) is 0.267. The van der Waals surface area contributed by atoms with E-state index in [4.69, 9.17) is 0 Å². The number of rotatable bonds is 6. The Labute approximate surface area is 216 Å². The Hall–Kier alpha value is -4.13.